The maximum Gasteiger partial charge on any atom is 0.320 e. The number of urea groups is 1. The number of likely N-dealkylation sites (tertiary alicyclic amines) is 2. The van der Waals surface area contributed by atoms with Crippen LogP contribution in [0, 0.1) is 5.92 Å². The summed E-state index contributed by atoms with van der Waals surface area (Å²) in [7, 11) is 0. The normalized spacial score (nSPS) is 25.9. The van der Waals surface area contributed by atoms with Gasteiger partial charge in [0.05, 0.1) is 0 Å². The zero-order chi connectivity index (χ0) is 12.8. The minimum Gasteiger partial charge on any atom is -0.396 e. The minimum absolute atomic E-state index is 0.236. The molecule has 2 heterocycles. The van der Waals surface area contributed by atoms with Crippen molar-refractivity contribution in [3.8, 4) is 0 Å². The Bertz CT molecular complexity index is 261. The van der Waals surface area contributed by atoms with E-state index in [1.54, 1.807) is 0 Å². The summed E-state index contributed by atoms with van der Waals surface area (Å²) < 4.78 is 0. The summed E-state index contributed by atoms with van der Waals surface area (Å²) >= 11 is 0. The number of nitrogens with zero attached hydrogens (tertiary/aromatic N) is 2. The molecule has 4 nitrogen and oxygen atoms in total. The molecule has 0 bridgehead atoms. The first-order valence-electron chi connectivity index (χ1n) is 7.46. The van der Waals surface area contributed by atoms with Gasteiger partial charge in [0.2, 0.25) is 0 Å². The Morgan fingerprint density at radius 3 is 2.33 bits per heavy atom. The van der Waals surface area contributed by atoms with Crippen molar-refractivity contribution in [1.82, 2.24) is 9.80 Å². The van der Waals surface area contributed by atoms with Crippen LogP contribution in [0.4, 0.5) is 4.79 Å². The summed E-state index contributed by atoms with van der Waals surface area (Å²) in [5.74, 6) is 0.500. The molecule has 0 saturated carbocycles. The van der Waals surface area contributed by atoms with Crippen molar-refractivity contribution in [1.29, 1.82) is 0 Å². The summed E-state index contributed by atoms with van der Waals surface area (Å²) in [5, 5.41) is 9.02. The highest BCUT2D eigenvalue weighted by Gasteiger charge is 2.26. The lowest BCUT2D eigenvalue weighted by Gasteiger charge is -2.36. The van der Waals surface area contributed by atoms with Crippen LogP contribution in [0.3, 0.4) is 0 Å². The minimum atomic E-state index is 0.236. The van der Waals surface area contributed by atoms with Crippen LogP contribution in [0.5, 0.6) is 0 Å². The molecule has 18 heavy (non-hydrogen) atoms. The molecule has 0 aromatic rings. The molecule has 2 amide bonds. The summed E-state index contributed by atoms with van der Waals surface area (Å²) in [4.78, 5) is 16.5. The lowest BCUT2D eigenvalue weighted by atomic mass is 9.95. The van der Waals surface area contributed by atoms with Gasteiger partial charge in [-0.05, 0) is 38.0 Å². The number of carbonyl (C=O) groups is 1. The zero-order valence-electron chi connectivity index (χ0n) is 11.3. The first kappa shape index (κ1) is 13.7. The Hall–Kier alpha value is -0.770. The largest absolute Gasteiger partial charge is 0.396 e. The second-order valence-electron chi connectivity index (χ2n) is 5.65. The van der Waals surface area contributed by atoms with Gasteiger partial charge in [-0.3, -0.25) is 0 Å². The van der Waals surface area contributed by atoms with Crippen molar-refractivity contribution in [2.75, 3.05) is 32.8 Å². The molecule has 2 aliphatic heterocycles. The van der Waals surface area contributed by atoms with Gasteiger partial charge < -0.3 is 14.9 Å². The number of hydrogen-bond acceptors (Lipinski definition) is 2. The van der Waals surface area contributed by atoms with Crippen LogP contribution in [0.2, 0.25) is 0 Å². The molecular weight excluding hydrogens is 228 g/mol. The van der Waals surface area contributed by atoms with Gasteiger partial charge in [0.1, 0.15) is 0 Å². The van der Waals surface area contributed by atoms with E-state index in [0.29, 0.717) is 5.92 Å². The zero-order valence-corrected chi connectivity index (χ0v) is 11.3. The van der Waals surface area contributed by atoms with Crippen molar-refractivity contribution < 1.29 is 9.90 Å². The number of piperidine rings is 1. The third-order valence-corrected chi connectivity index (χ3v) is 4.20. The van der Waals surface area contributed by atoms with Gasteiger partial charge in [-0.2, -0.15) is 0 Å². The van der Waals surface area contributed by atoms with Crippen molar-refractivity contribution in [2.45, 2.75) is 44.9 Å². The highest BCUT2D eigenvalue weighted by Crippen LogP contribution is 2.21. The first-order chi connectivity index (χ1) is 8.81. The van der Waals surface area contributed by atoms with E-state index in [4.69, 9.17) is 5.11 Å². The Balaban J connectivity index is 1.86. The number of aliphatic hydroxyl groups is 1. The van der Waals surface area contributed by atoms with E-state index in [9.17, 15) is 4.79 Å². The monoisotopic (exact) mass is 254 g/mol. The van der Waals surface area contributed by atoms with Gasteiger partial charge in [-0.25, -0.2) is 4.79 Å². The second kappa shape index (κ2) is 6.98. The Morgan fingerprint density at radius 1 is 1.00 bits per heavy atom. The first-order valence-corrected chi connectivity index (χ1v) is 7.46. The standard InChI is InChI=1S/C14H26N2O2/c17-11-7-13-6-5-10-16(12-13)14(18)15-8-3-1-2-4-9-15/h13,17H,1-12H2. The molecule has 0 aromatic carbocycles. The number of amides is 2. The van der Waals surface area contributed by atoms with E-state index in [1.807, 2.05) is 9.80 Å². The Morgan fingerprint density at radius 2 is 1.67 bits per heavy atom. The van der Waals surface area contributed by atoms with Crippen LogP contribution < -0.4 is 0 Å². The molecule has 2 aliphatic rings. The molecule has 1 unspecified atom stereocenters. The van der Waals surface area contributed by atoms with Gasteiger partial charge in [0.25, 0.3) is 0 Å². The molecule has 0 spiro atoms. The fourth-order valence-electron chi connectivity index (χ4n) is 3.12. The number of rotatable bonds is 2. The lowest BCUT2D eigenvalue weighted by Crippen LogP contribution is -2.48. The molecule has 0 aliphatic carbocycles. The predicted octanol–water partition coefficient (Wildman–Crippen LogP) is 2.08. The maximum atomic E-state index is 12.4. The summed E-state index contributed by atoms with van der Waals surface area (Å²) in [6.07, 6.45) is 7.91. The van der Waals surface area contributed by atoms with Crippen LogP contribution in [-0.2, 0) is 0 Å². The van der Waals surface area contributed by atoms with Crippen LogP contribution in [-0.4, -0.2) is 53.7 Å². The summed E-state index contributed by atoms with van der Waals surface area (Å²) in [6.45, 7) is 3.85. The average molecular weight is 254 g/mol. The molecule has 1 N–H and O–H groups in total. The van der Waals surface area contributed by atoms with Crippen LogP contribution >= 0.6 is 0 Å². The van der Waals surface area contributed by atoms with Gasteiger partial charge in [-0.1, -0.05) is 12.8 Å². The topological polar surface area (TPSA) is 43.8 Å². The maximum absolute atomic E-state index is 12.4. The molecule has 104 valence electrons. The third kappa shape index (κ3) is 3.61. The summed E-state index contributed by atoms with van der Waals surface area (Å²) in [6, 6.07) is 0.236. The van der Waals surface area contributed by atoms with Crippen LogP contribution in [0.25, 0.3) is 0 Å². The molecule has 2 rings (SSSR count). The van der Waals surface area contributed by atoms with Crippen molar-refractivity contribution >= 4 is 6.03 Å². The van der Waals surface area contributed by atoms with Crippen molar-refractivity contribution in [3.63, 3.8) is 0 Å². The van der Waals surface area contributed by atoms with Gasteiger partial charge >= 0.3 is 6.03 Å². The van der Waals surface area contributed by atoms with Crippen LogP contribution in [0.15, 0.2) is 0 Å². The van der Waals surface area contributed by atoms with E-state index < -0.39 is 0 Å². The van der Waals surface area contributed by atoms with E-state index in [-0.39, 0.29) is 12.6 Å². The Kier molecular flexibility index (Phi) is 5.29. The van der Waals surface area contributed by atoms with Crippen LogP contribution in [0.1, 0.15) is 44.9 Å². The smallest absolute Gasteiger partial charge is 0.320 e. The predicted molar refractivity (Wildman–Crippen MR) is 71.4 cm³/mol. The van der Waals surface area contributed by atoms with E-state index in [1.165, 1.54) is 12.8 Å². The molecule has 2 fully saturated rings. The van der Waals surface area contributed by atoms with E-state index in [0.717, 1.165) is 58.3 Å². The number of carbonyl (C=O) groups excluding carboxylic acids is 1. The van der Waals surface area contributed by atoms with E-state index >= 15 is 0 Å². The molecule has 0 radical (unpaired) electrons. The second-order valence-corrected chi connectivity index (χ2v) is 5.65. The fraction of sp³-hybridized carbons (Fsp3) is 0.929. The van der Waals surface area contributed by atoms with Crippen molar-refractivity contribution in [2.24, 2.45) is 5.92 Å². The molecule has 2 saturated heterocycles. The SMILES string of the molecule is O=C(N1CCCCCC1)N1CCCC(CCO)C1. The highest BCUT2D eigenvalue weighted by molar-refractivity contribution is 5.74. The Labute approximate surface area is 110 Å². The van der Waals surface area contributed by atoms with E-state index in [2.05, 4.69) is 0 Å². The summed E-state index contributed by atoms with van der Waals surface area (Å²) in [5.41, 5.74) is 0. The molecule has 4 heteroatoms. The average Bonchev–Trinajstić information content (AvgIpc) is 2.67. The van der Waals surface area contributed by atoms with Gasteiger partial charge in [0.15, 0.2) is 0 Å². The molecule has 0 aromatic heterocycles. The number of hydrogen-bond donors (Lipinski definition) is 1. The third-order valence-electron chi connectivity index (χ3n) is 4.20. The molecular formula is C14H26N2O2. The lowest BCUT2D eigenvalue weighted by molar-refractivity contribution is 0.120. The fourth-order valence-corrected chi connectivity index (χ4v) is 3.12. The quantitative estimate of drug-likeness (QED) is 0.820. The van der Waals surface area contributed by atoms with Gasteiger partial charge in [-0.15, -0.1) is 0 Å². The molecule has 1 atom stereocenters. The highest BCUT2D eigenvalue weighted by atomic mass is 16.3. The number of aliphatic hydroxyl groups excluding tert-OH is 1. The van der Waals surface area contributed by atoms with Gasteiger partial charge in [0, 0.05) is 32.8 Å². The van der Waals surface area contributed by atoms with Crippen molar-refractivity contribution in [3.05, 3.63) is 0 Å².